The first-order valence-corrected chi connectivity index (χ1v) is 8.90. The van der Waals surface area contributed by atoms with Crippen LogP contribution in [0.4, 0.5) is 9.59 Å². The lowest BCUT2D eigenvalue weighted by Gasteiger charge is -2.36. The van der Waals surface area contributed by atoms with Crippen molar-refractivity contribution < 1.29 is 24.2 Å². The molecule has 0 spiro atoms. The Morgan fingerprint density at radius 1 is 1.38 bits per heavy atom. The highest BCUT2D eigenvalue weighted by Gasteiger charge is 2.31. The van der Waals surface area contributed by atoms with E-state index in [4.69, 9.17) is 4.74 Å². The SMILES string of the molecule is COC(=O)NCCO[C@@H](c1cc(C)ccc1C)C1CCCN(C(=O)O)C1. The van der Waals surface area contributed by atoms with Crippen LogP contribution in [0.2, 0.25) is 0 Å². The minimum Gasteiger partial charge on any atom is -0.465 e. The van der Waals surface area contributed by atoms with Gasteiger partial charge in [0.2, 0.25) is 0 Å². The van der Waals surface area contributed by atoms with Crippen molar-refractivity contribution in [3.05, 3.63) is 34.9 Å². The summed E-state index contributed by atoms with van der Waals surface area (Å²) >= 11 is 0. The molecule has 2 rings (SSSR count). The van der Waals surface area contributed by atoms with Gasteiger partial charge in [0.15, 0.2) is 0 Å². The number of aryl methyl sites for hydroxylation is 2. The number of nitrogens with zero attached hydrogens (tertiary/aromatic N) is 1. The van der Waals surface area contributed by atoms with Crippen molar-refractivity contribution in [2.45, 2.75) is 32.8 Å². The third-order valence-electron chi connectivity index (χ3n) is 4.75. The van der Waals surface area contributed by atoms with Crippen LogP contribution in [0.25, 0.3) is 0 Å². The van der Waals surface area contributed by atoms with Crippen molar-refractivity contribution in [3.63, 3.8) is 0 Å². The second kappa shape index (κ2) is 9.43. The summed E-state index contributed by atoms with van der Waals surface area (Å²) < 4.78 is 10.7. The summed E-state index contributed by atoms with van der Waals surface area (Å²) in [5.41, 5.74) is 3.34. The number of rotatable bonds is 6. The molecule has 1 heterocycles. The van der Waals surface area contributed by atoms with Gasteiger partial charge in [0, 0.05) is 25.6 Å². The van der Waals surface area contributed by atoms with Gasteiger partial charge in [-0.2, -0.15) is 0 Å². The van der Waals surface area contributed by atoms with Gasteiger partial charge in [0.1, 0.15) is 0 Å². The van der Waals surface area contributed by atoms with Crippen LogP contribution in [0.5, 0.6) is 0 Å². The Morgan fingerprint density at radius 3 is 2.85 bits per heavy atom. The van der Waals surface area contributed by atoms with Crippen LogP contribution in [0, 0.1) is 19.8 Å². The van der Waals surface area contributed by atoms with Gasteiger partial charge in [-0.1, -0.05) is 23.8 Å². The van der Waals surface area contributed by atoms with Crippen LogP contribution >= 0.6 is 0 Å². The summed E-state index contributed by atoms with van der Waals surface area (Å²) in [7, 11) is 1.32. The molecule has 1 aromatic carbocycles. The van der Waals surface area contributed by atoms with Gasteiger partial charge in [-0.3, -0.25) is 0 Å². The Kier molecular flexibility index (Phi) is 7.26. The molecular formula is C19H28N2O5. The van der Waals surface area contributed by atoms with Crippen molar-refractivity contribution in [1.82, 2.24) is 10.2 Å². The highest BCUT2D eigenvalue weighted by atomic mass is 16.5. The number of methoxy groups -OCH3 is 1. The number of hydrogen-bond acceptors (Lipinski definition) is 4. The molecule has 2 amide bonds. The molecule has 0 saturated carbocycles. The predicted octanol–water partition coefficient (Wildman–Crippen LogP) is 3.11. The van der Waals surface area contributed by atoms with E-state index in [9.17, 15) is 14.7 Å². The van der Waals surface area contributed by atoms with E-state index in [0.29, 0.717) is 26.2 Å². The Hall–Kier alpha value is -2.28. The number of carbonyl (C=O) groups is 2. The minimum atomic E-state index is -0.887. The van der Waals surface area contributed by atoms with E-state index >= 15 is 0 Å². The molecule has 144 valence electrons. The molecule has 26 heavy (non-hydrogen) atoms. The maximum atomic E-state index is 11.4. The summed E-state index contributed by atoms with van der Waals surface area (Å²) in [4.78, 5) is 24.0. The number of hydrogen-bond donors (Lipinski definition) is 2. The second-order valence-corrected chi connectivity index (χ2v) is 6.70. The van der Waals surface area contributed by atoms with Crippen molar-refractivity contribution in [1.29, 1.82) is 0 Å². The summed E-state index contributed by atoms with van der Waals surface area (Å²) in [5, 5.41) is 11.9. The van der Waals surface area contributed by atoms with Gasteiger partial charge in [-0.25, -0.2) is 9.59 Å². The van der Waals surface area contributed by atoms with Crippen molar-refractivity contribution in [2.75, 3.05) is 33.4 Å². The Morgan fingerprint density at radius 2 is 2.15 bits per heavy atom. The zero-order valence-corrected chi connectivity index (χ0v) is 15.7. The molecule has 0 aromatic heterocycles. The molecule has 7 nitrogen and oxygen atoms in total. The molecule has 0 radical (unpaired) electrons. The first-order chi connectivity index (χ1) is 12.4. The number of benzene rings is 1. The van der Waals surface area contributed by atoms with Crippen molar-refractivity contribution >= 4 is 12.2 Å². The van der Waals surface area contributed by atoms with Crippen LogP contribution in [0.15, 0.2) is 18.2 Å². The summed E-state index contributed by atoms with van der Waals surface area (Å²) in [6.07, 6.45) is 0.138. The van der Waals surface area contributed by atoms with Gasteiger partial charge >= 0.3 is 12.2 Å². The number of nitrogens with one attached hydrogen (secondary N) is 1. The lowest BCUT2D eigenvalue weighted by atomic mass is 9.86. The van der Waals surface area contributed by atoms with E-state index in [-0.39, 0.29) is 12.0 Å². The van der Waals surface area contributed by atoms with Crippen LogP contribution in [0.3, 0.4) is 0 Å². The third kappa shape index (κ3) is 5.36. The molecule has 1 fully saturated rings. The van der Waals surface area contributed by atoms with Gasteiger partial charge in [-0.05, 0) is 37.8 Å². The van der Waals surface area contributed by atoms with Gasteiger partial charge in [0.25, 0.3) is 0 Å². The van der Waals surface area contributed by atoms with Gasteiger partial charge in [0.05, 0.1) is 19.8 Å². The summed E-state index contributed by atoms with van der Waals surface area (Å²) in [6.45, 7) is 5.76. The second-order valence-electron chi connectivity index (χ2n) is 6.70. The molecule has 1 aliphatic heterocycles. The maximum absolute atomic E-state index is 11.4. The molecule has 1 aromatic rings. The fourth-order valence-corrected chi connectivity index (χ4v) is 3.39. The molecule has 0 bridgehead atoms. The molecule has 2 atom stereocenters. The number of alkyl carbamates (subject to hydrolysis) is 1. The number of likely N-dealkylation sites (tertiary alicyclic amines) is 1. The van der Waals surface area contributed by atoms with E-state index in [1.165, 1.54) is 12.0 Å². The van der Waals surface area contributed by atoms with Gasteiger partial charge in [-0.15, -0.1) is 0 Å². The standard InChI is InChI=1S/C19H28N2O5/c1-13-6-7-14(2)16(11-13)17(26-10-8-20-18(22)25-3)15-5-4-9-21(12-15)19(23)24/h6-7,11,15,17H,4-5,8-10,12H2,1-3H3,(H,20,22)(H,23,24)/t15?,17-/m1/s1. The largest absolute Gasteiger partial charge is 0.465 e. The predicted molar refractivity (Wildman–Crippen MR) is 97.3 cm³/mol. The Labute approximate surface area is 154 Å². The van der Waals surface area contributed by atoms with Crippen molar-refractivity contribution in [3.8, 4) is 0 Å². The average Bonchev–Trinajstić information content (AvgIpc) is 2.64. The van der Waals surface area contributed by atoms with Crippen LogP contribution in [-0.2, 0) is 9.47 Å². The summed E-state index contributed by atoms with van der Waals surface area (Å²) in [5.74, 6) is 0.0819. The average molecular weight is 364 g/mol. The van der Waals surface area contributed by atoms with E-state index < -0.39 is 12.2 Å². The fourth-order valence-electron chi connectivity index (χ4n) is 3.39. The first-order valence-electron chi connectivity index (χ1n) is 8.90. The Balaban J connectivity index is 2.14. The van der Waals surface area contributed by atoms with Crippen LogP contribution < -0.4 is 5.32 Å². The minimum absolute atomic E-state index is 0.0819. The normalized spacial score (nSPS) is 18.3. The fraction of sp³-hybridized carbons (Fsp3) is 0.579. The third-order valence-corrected chi connectivity index (χ3v) is 4.75. The lowest BCUT2D eigenvalue weighted by molar-refractivity contribution is -0.0120. The lowest BCUT2D eigenvalue weighted by Crippen LogP contribution is -2.41. The highest BCUT2D eigenvalue weighted by Crippen LogP contribution is 2.35. The number of amides is 2. The van der Waals surface area contributed by atoms with Crippen LogP contribution in [-0.4, -0.2) is 55.5 Å². The first kappa shape index (κ1) is 20.0. The molecule has 2 N–H and O–H groups in total. The monoisotopic (exact) mass is 364 g/mol. The molecule has 1 aliphatic rings. The Bertz CT molecular complexity index is 634. The smallest absolute Gasteiger partial charge is 0.407 e. The number of piperidine rings is 1. The number of ether oxygens (including phenoxy) is 2. The van der Waals surface area contributed by atoms with Gasteiger partial charge < -0.3 is 24.8 Å². The summed E-state index contributed by atoms with van der Waals surface area (Å²) in [6, 6.07) is 6.22. The quantitative estimate of drug-likeness (QED) is 0.757. The number of carbonyl (C=O) groups excluding carboxylic acids is 1. The zero-order chi connectivity index (χ0) is 19.1. The van der Waals surface area contributed by atoms with E-state index in [2.05, 4.69) is 28.3 Å². The van der Waals surface area contributed by atoms with Crippen molar-refractivity contribution in [2.24, 2.45) is 5.92 Å². The van der Waals surface area contributed by atoms with E-state index in [1.54, 1.807) is 0 Å². The molecular weight excluding hydrogens is 336 g/mol. The highest BCUT2D eigenvalue weighted by molar-refractivity contribution is 5.66. The molecule has 1 saturated heterocycles. The molecule has 7 heteroatoms. The molecule has 1 unspecified atom stereocenters. The van der Waals surface area contributed by atoms with E-state index in [1.807, 2.05) is 13.8 Å². The zero-order valence-electron chi connectivity index (χ0n) is 15.7. The number of carboxylic acid groups (broad SMARTS) is 1. The maximum Gasteiger partial charge on any atom is 0.407 e. The van der Waals surface area contributed by atoms with E-state index in [0.717, 1.165) is 29.5 Å². The topological polar surface area (TPSA) is 88.1 Å². The van der Waals surface area contributed by atoms with Crippen LogP contribution in [0.1, 0.15) is 35.6 Å². The molecule has 0 aliphatic carbocycles.